The van der Waals surface area contributed by atoms with E-state index < -0.39 is 17.9 Å². The van der Waals surface area contributed by atoms with E-state index in [2.05, 4.69) is 10.3 Å². The Morgan fingerprint density at radius 3 is 2.73 bits per heavy atom. The highest BCUT2D eigenvalue weighted by molar-refractivity contribution is 6.05. The van der Waals surface area contributed by atoms with Gasteiger partial charge in [0.15, 0.2) is 0 Å². The standard InChI is InChI=1S/C23H24N4O3/c24-23(30)27(20-8-2-5-16-6-3-10-26-21(16)20)18-7-1-4-15(12-18)13-19(22(28)29)17-9-11-25-14-17/h1-8,10,12,17,19,25H,9,11,13-14H2,(H2,24,30)(H,28,29)/t17-,19-/m0/s1. The number of rotatable bonds is 6. The first kappa shape index (κ1) is 19.8. The van der Waals surface area contributed by atoms with E-state index in [4.69, 9.17) is 5.73 Å². The molecule has 0 bridgehead atoms. The molecule has 2 amide bonds. The zero-order valence-electron chi connectivity index (χ0n) is 16.5. The van der Waals surface area contributed by atoms with Gasteiger partial charge in [-0.2, -0.15) is 0 Å². The normalized spacial score (nSPS) is 17.0. The van der Waals surface area contributed by atoms with E-state index in [1.54, 1.807) is 18.3 Å². The van der Waals surface area contributed by atoms with E-state index in [0.29, 0.717) is 29.9 Å². The molecule has 7 heteroatoms. The van der Waals surface area contributed by atoms with Crippen molar-refractivity contribution >= 4 is 34.3 Å². The van der Waals surface area contributed by atoms with E-state index >= 15 is 0 Å². The van der Waals surface area contributed by atoms with Crippen molar-refractivity contribution in [2.24, 2.45) is 17.6 Å². The monoisotopic (exact) mass is 404 g/mol. The molecule has 1 aromatic heterocycles. The van der Waals surface area contributed by atoms with Crippen LogP contribution < -0.4 is 16.0 Å². The van der Waals surface area contributed by atoms with Crippen LogP contribution in [-0.2, 0) is 11.2 Å². The average molecular weight is 404 g/mol. The van der Waals surface area contributed by atoms with Gasteiger partial charge >= 0.3 is 12.0 Å². The van der Waals surface area contributed by atoms with Crippen LogP contribution in [0.5, 0.6) is 0 Å². The zero-order chi connectivity index (χ0) is 21.1. The van der Waals surface area contributed by atoms with Crippen LogP contribution in [-0.4, -0.2) is 35.2 Å². The largest absolute Gasteiger partial charge is 0.481 e. The number of benzene rings is 2. The number of hydrogen-bond acceptors (Lipinski definition) is 4. The molecule has 30 heavy (non-hydrogen) atoms. The molecule has 1 aliphatic heterocycles. The van der Waals surface area contributed by atoms with Gasteiger partial charge in [-0.25, -0.2) is 4.79 Å². The summed E-state index contributed by atoms with van der Waals surface area (Å²) in [6.45, 7) is 1.56. The second kappa shape index (κ2) is 8.51. The number of nitrogens with zero attached hydrogens (tertiary/aromatic N) is 2. The molecule has 1 fully saturated rings. The van der Waals surface area contributed by atoms with Crippen molar-refractivity contribution in [1.82, 2.24) is 10.3 Å². The maximum atomic E-state index is 12.4. The predicted molar refractivity (Wildman–Crippen MR) is 116 cm³/mol. The molecule has 0 radical (unpaired) electrons. The third-order valence-electron chi connectivity index (χ3n) is 5.68. The number of nitrogens with two attached hydrogens (primary N) is 1. The molecule has 154 valence electrons. The molecular weight excluding hydrogens is 380 g/mol. The number of para-hydroxylation sites is 1. The van der Waals surface area contributed by atoms with Gasteiger partial charge in [0.25, 0.3) is 0 Å². The number of aromatic nitrogens is 1. The topological polar surface area (TPSA) is 109 Å². The van der Waals surface area contributed by atoms with Crippen LogP contribution in [0.2, 0.25) is 0 Å². The van der Waals surface area contributed by atoms with Crippen molar-refractivity contribution in [3.63, 3.8) is 0 Å². The summed E-state index contributed by atoms with van der Waals surface area (Å²) in [4.78, 5) is 30.1. The number of carboxylic acids is 1. The second-order valence-electron chi connectivity index (χ2n) is 7.60. The fourth-order valence-corrected chi connectivity index (χ4v) is 4.21. The summed E-state index contributed by atoms with van der Waals surface area (Å²) in [5.74, 6) is -1.17. The fourth-order valence-electron chi connectivity index (χ4n) is 4.21. The van der Waals surface area contributed by atoms with Gasteiger partial charge in [-0.15, -0.1) is 0 Å². The van der Waals surface area contributed by atoms with Crippen LogP contribution in [0.4, 0.5) is 16.2 Å². The number of urea groups is 1. The number of carboxylic acid groups (broad SMARTS) is 1. The summed E-state index contributed by atoms with van der Waals surface area (Å²) in [5, 5.41) is 13.9. The van der Waals surface area contributed by atoms with Gasteiger partial charge in [-0.05, 0) is 61.7 Å². The number of anilines is 2. The molecule has 2 heterocycles. The molecule has 0 spiro atoms. The number of carbonyl (C=O) groups excluding carboxylic acids is 1. The quantitative estimate of drug-likeness (QED) is 0.584. The Labute approximate surface area is 174 Å². The lowest BCUT2D eigenvalue weighted by atomic mass is 9.86. The van der Waals surface area contributed by atoms with Gasteiger partial charge in [0, 0.05) is 11.6 Å². The van der Waals surface area contributed by atoms with Crippen molar-refractivity contribution in [2.75, 3.05) is 18.0 Å². The lowest BCUT2D eigenvalue weighted by Crippen LogP contribution is -2.32. The zero-order valence-corrected chi connectivity index (χ0v) is 16.5. The molecule has 1 saturated heterocycles. The Kier molecular flexibility index (Phi) is 5.63. The lowest BCUT2D eigenvalue weighted by Gasteiger charge is -2.23. The van der Waals surface area contributed by atoms with Crippen LogP contribution >= 0.6 is 0 Å². The van der Waals surface area contributed by atoms with Gasteiger partial charge < -0.3 is 16.2 Å². The number of hydrogen-bond donors (Lipinski definition) is 3. The van der Waals surface area contributed by atoms with E-state index in [1.807, 2.05) is 42.5 Å². The van der Waals surface area contributed by atoms with Gasteiger partial charge in [-0.1, -0.05) is 30.3 Å². The maximum absolute atomic E-state index is 12.4. The summed E-state index contributed by atoms with van der Waals surface area (Å²) >= 11 is 0. The molecule has 0 aliphatic carbocycles. The lowest BCUT2D eigenvalue weighted by molar-refractivity contribution is -0.143. The maximum Gasteiger partial charge on any atom is 0.323 e. The summed E-state index contributed by atoms with van der Waals surface area (Å²) in [7, 11) is 0. The summed E-state index contributed by atoms with van der Waals surface area (Å²) < 4.78 is 0. The van der Waals surface area contributed by atoms with Crippen molar-refractivity contribution in [1.29, 1.82) is 0 Å². The first-order valence-electron chi connectivity index (χ1n) is 10.0. The van der Waals surface area contributed by atoms with Crippen molar-refractivity contribution in [2.45, 2.75) is 12.8 Å². The van der Waals surface area contributed by atoms with Crippen LogP contribution in [0.3, 0.4) is 0 Å². The number of fused-ring (bicyclic) bond motifs is 1. The molecule has 4 rings (SSSR count). The first-order valence-corrected chi connectivity index (χ1v) is 10.0. The van der Waals surface area contributed by atoms with Crippen molar-refractivity contribution in [3.05, 3.63) is 66.4 Å². The third-order valence-corrected chi connectivity index (χ3v) is 5.68. The van der Waals surface area contributed by atoms with E-state index in [0.717, 1.165) is 23.9 Å². The summed E-state index contributed by atoms with van der Waals surface area (Å²) in [6.07, 6.45) is 2.93. The van der Waals surface area contributed by atoms with Gasteiger partial charge in [0.05, 0.1) is 22.8 Å². The third kappa shape index (κ3) is 3.97. The number of primary amides is 1. The Hall–Kier alpha value is -3.45. The SMILES string of the molecule is NC(=O)N(c1cccc(C[C@H](C(=O)O)[C@H]2CCNC2)c1)c1cccc2cccnc12. The smallest absolute Gasteiger partial charge is 0.323 e. The molecular formula is C23H24N4O3. The molecule has 1 aliphatic rings. The highest BCUT2D eigenvalue weighted by Gasteiger charge is 2.30. The minimum atomic E-state index is -0.792. The second-order valence-corrected chi connectivity index (χ2v) is 7.60. The molecule has 0 unspecified atom stereocenters. The van der Waals surface area contributed by atoms with E-state index in [-0.39, 0.29) is 5.92 Å². The number of amides is 2. The first-order chi connectivity index (χ1) is 14.5. The molecule has 2 atom stereocenters. The predicted octanol–water partition coefficient (Wildman–Crippen LogP) is 3.30. The number of carbonyl (C=O) groups is 2. The molecule has 7 nitrogen and oxygen atoms in total. The number of pyridine rings is 1. The van der Waals surface area contributed by atoms with E-state index in [1.165, 1.54) is 4.90 Å². The van der Waals surface area contributed by atoms with Gasteiger partial charge in [-0.3, -0.25) is 14.7 Å². The van der Waals surface area contributed by atoms with Gasteiger partial charge in [0.1, 0.15) is 0 Å². The van der Waals surface area contributed by atoms with Crippen LogP contribution in [0.15, 0.2) is 60.8 Å². The molecule has 2 aromatic carbocycles. The van der Waals surface area contributed by atoms with Crippen LogP contribution in [0.1, 0.15) is 12.0 Å². The Morgan fingerprint density at radius 1 is 1.20 bits per heavy atom. The number of aliphatic carboxylic acids is 1. The van der Waals surface area contributed by atoms with Crippen molar-refractivity contribution < 1.29 is 14.7 Å². The van der Waals surface area contributed by atoms with E-state index in [9.17, 15) is 14.7 Å². The molecule has 0 saturated carbocycles. The highest BCUT2D eigenvalue weighted by atomic mass is 16.4. The molecule has 3 aromatic rings. The fraction of sp³-hybridized carbons (Fsp3) is 0.261. The highest BCUT2D eigenvalue weighted by Crippen LogP contribution is 2.32. The minimum absolute atomic E-state index is 0.0978. The molecule has 4 N–H and O–H groups in total. The van der Waals surface area contributed by atoms with Crippen molar-refractivity contribution in [3.8, 4) is 0 Å². The average Bonchev–Trinajstić information content (AvgIpc) is 3.27. The van der Waals surface area contributed by atoms with Crippen LogP contribution in [0.25, 0.3) is 10.9 Å². The summed E-state index contributed by atoms with van der Waals surface area (Å²) in [6, 6.07) is 16.1. The summed E-state index contributed by atoms with van der Waals surface area (Å²) in [5.41, 5.74) is 8.45. The number of nitrogens with one attached hydrogen (secondary N) is 1. The van der Waals surface area contributed by atoms with Gasteiger partial charge in [0.2, 0.25) is 0 Å². The Morgan fingerprint density at radius 2 is 2.00 bits per heavy atom. The Balaban J connectivity index is 1.70. The van der Waals surface area contributed by atoms with Crippen LogP contribution in [0, 0.1) is 11.8 Å². The Bertz CT molecular complexity index is 1070. The minimum Gasteiger partial charge on any atom is -0.481 e.